The van der Waals surface area contributed by atoms with E-state index in [1.807, 2.05) is 53.8 Å². The van der Waals surface area contributed by atoms with Crippen molar-refractivity contribution in [3.05, 3.63) is 94.7 Å². The highest BCUT2D eigenvalue weighted by molar-refractivity contribution is 6.02. The van der Waals surface area contributed by atoms with E-state index in [1.165, 1.54) is 6.07 Å². The number of pyridine rings is 2. The Morgan fingerprint density at radius 2 is 1.75 bits per heavy atom. The van der Waals surface area contributed by atoms with Crippen LogP contribution in [0.3, 0.4) is 0 Å². The van der Waals surface area contributed by atoms with Gasteiger partial charge in [-0.25, -0.2) is 14.2 Å². The Kier molecular flexibility index (Phi) is 9.25. The van der Waals surface area contributed by atoms with Crippen LogP contribution in [-0.4, -0.2) is 74.8 Å². The molecule has 2 aliphatic heterocycles. The normalized spacial score (nSPS) is 15.4. The second kappa shape index (κ2) is 13.7. The number of aliphatic carboxylic acids is 1. The summed E-state index contributed by atoms with van der Waals surface area (Å²) >= 11 is 0. The molecular formula is C41H44FN5O5. The number of aromatic nitrogens is 3. The van der Waals surface area contributed by atoms with Gasteiger partial charge < -0.3 is 28.9 Å². The van der Waals surface area contributed by atoms with Crippen molar-refractivity contribution in [2.45, 2.75) is 59.2 Å². The molecule has 270 valence electrons. The van der Waals surface area contributed by atoms with E-state index >= 15 is 4.39 Å². The highest BCUT2D eigenvalue weighted by Gasteiger charge is 2.35. The summed E-state index contributed by atoms with van der Waals surface area (Å²) < 4.78 is 29.7. The predicted octanol–water partition coefficient (Wildman–Crippen LogP) is 7.29. The number of piperazine rings is 1. The second-order valence-electron chi connectivity index (χ2n) is 14.6. The van der Waals surface area contributed by atoms with E-state index < -0.39 is 23.5 Å². The maximum atomic E-state index is 15.9. The summed E-state index contributed by atoms with van der Waals surface area (Å²) in [7, 11) is 1.88. The molecule has 0 spiro atoms. The van der Waals surface area contributed by atoms with E-state index in [0.29, 0.717) is 65.2 Å². The van der Waals surface area contributed by atoms with E-state index in [2.05, 4.69) is 22.0 Å². The van der Waals surface area contributed by atoms with Crippen molar-refractivity contribution in [3.8, 4) is 28.1 Å². The van der Waals surface area contributed by atoms with Crippen LogP contribution in [0, 0.1) is 19.7 Å². The van der Waals surface area contributed by atoms with Crippen LogP contribution >= 0.6 is 0 Å². The monoisotopic (exact) mass is 705 g/mol. The average molecular weight is 706 g/mol. The number of carbonyl (C=O) groups excluding carboxylic acids is 1. The fraction of sp³-hybridized carbons (Fsp3) is 0.366. The molecule has 1 saturated heterocycles. The molecule has 1 unspecified atom stereocenters. The maximum absolute atomic E-state index is 15.9. The number of aryl methyl sites for hydroxylation is 2. The van der Waals surface area contributed by atoms with Crippen LogP contribution in [-0.2, 0) is 23.0 Å². The van der Waals surface area contributed by atoms with Crippen LogP contribution in [0.4, 0.5) is 10.1 Å². The molecule has 0 aliphatic carbocycles. The van der Waals surface area contributed by atoms with Crippen LogP contribution in [0.15, 0.2) is 60.8 Å². The Bertz CT molecular complexity index is 2180. The van der Waals surface area contributed by atoms with Crippen molar-refractivity contribution < 1.29 is 28.6 Å². The molecule has 52 heavy (non-hydrogen) atoms. The molecule has 5 heterocycles. The van der Waals surface area contributed by atoms with Gasteiger partial charge in [-0.1, -0.05) is 18.2 Å². The zero-order valence-corrected chi connectivity index (χ0v) is 30.5. The van der Waals surface area contributed by atoms with Gasteiger partial charge in [0, 0.05) is 78.4 Å². The molecule has 10 nitrogen and oxygen atoms in total. The first kappa shape index (κ1) is 35.1. The Morgan fingerprint density at radius 1 is 1.02 bits per heavy atom. The molecule has 2 aliphatic rings. The Balaban J connectivity index is 1.34. The summed E-state index contributed by atoms with van der Waals surface area (Å²) in [6, 6.07) is 17.2. The predicted molar refractivity (Wildman–Crippen MR) is 198 cm³/mol. The number of halogens is 1. The van der Waals surface area contributed by atoms with Gasteiger partial charge in [-0.15, -0.1) is 0 Å². The molecule has 2 aromatic carbocycles. The number of carbonyl (C=O) groups is 2. The van der Waals surface area contributed by atoms with Gasteiger partial charge in [-0.05, 0) is 95.0 Å². The van der Waals surface area contributed by atoms with Gasteiger partial charge >= 0.3 is 5.97 Å². The Hall–Kier alpha value is -5.29. The fourth-order valence-corrected chi connectivity index (χ4v) is 7.52. The minimum Gasteiger partial charge on any atom is -0.490 e. The number of anilines is 1. The minimum absolute atomic E-state index is 0.142. The molecule has 7 rings (SSSR count). The summed E-state index contributed by atoms with van der Waals surface area (Å²) in [5.74, 6) is -1.55. The van der Waals surface area contributed by atoms with E-state index in [-0.39, 0.29) is 11.7 Å². The van der Waals surface area contributed by atoms with Gasteiger partial charge in [0.25, 0.3) is 5.91 Å². The molecule has 5 aromatic rings. The number of carboxylic acid groups (broad SMARTS) is 1. The highest BCUT2D eigenvalue weighted by Crippen LogP contribution is 2.45. The summed E-state index contributed by atoms with van der Waals surface area (Å²) in [4.78, 5) is 40.2. The van der Waals surface area contributed by atoms with Crippen molar-refractivity contribution in [2.24, 2.45) is 7.05 Å². The SMILES string of the molecule is Cc1nc2c(cc(-c3ccnc(C(=O)N4CCN(c5ccccc5)CC4)c3)n2C)c(-c2cc(F)c3c(c2C)CCCO3)c1C(OC(C)(C)C)C(=O)O. The quantitative estimate of drug-likeness (QED) is 0.188. The molecule has 0 bridgehead atoms. The maximum Gasteiger partial charge on any atom is 0.337 e. The van der Waals surface area contributed by atoms with Crippen molar-refractivity contribution >= 4 is 28.6 Å². The van der Waals surface area contributed by atoms with Gasteiger partial charge in [0.15, 0.2) is 17.7 Å². The molecule has 1 N–H and O–H groups in total. The molecule has 3 aromatic heterocycles. The first-order chi connectivity index (χ1) is 24.8. The highest BCUT2D eigenvalue weighted by atomic mass is 19.1. The standard InChI is InChI=1S/C41H44FN5O5/c1-24-28-13-10-20-51-36(28)31(42)22-29(24)35-30-23-33(45(6)38(30)44-25(2)34(35)37(40(49)50)52-41(3,4)5)26-14-15-43-32(21-26)39(48)47-18-16-46(17-19-47)27-11-8-7-9-12-27/h7-9,11-12,14-15,21-23,37H,10,13,16-20H2,1-6H3,(H,49,50). The average Bonchev–Trinajstić information content (AvgIpc) is 3.46. The minimum atomic E-state index is -1.38. The number of fused-ring (bicyclic) bond motifs is 2. The van der Waals surface area contributed by atoms with Crippen molar-refractivity contribution in [1.82, 2.24) is 19.4 Å². The first-order valence-electron chi connectivity index (χ1n) is 17.7. The van der Waals surface area contributed by atoms with Crippen molar-refractivity contribution in [2.75, 3.05) is 37.7 Å². The Morgan fingerprint density at radius 3 is 2.44 bits per heavy atom. The van der Waals surface area contributed by atoms with E-state index in [0.717, 1.165) is 47.6 Å². The van der Waals surface area contributed by atoms with E-state index in [9.17, 15) is 14.7 Å². The lowest BCUT2D eigenvalue weighted by molar-refractivity contribution is -0.160. The number of ether oxygens (including phenoxy) is 2. The van der Waals surface area contributed by atoms with Crippen molar-refractivity contribution in [3.63, 3.8) is 0 Å². The first-order valence-corrected chi connectivity index (χ1v) is 17.7. The number of rotatable bonds is 7. The van der Waals surface area contributed by atoms with Crippen LogP contribution < -0.4 is 9.64 Å². The zero-order chi connectivity index (χ0) is 36.9. The fourth-order valence-electron chi connectivity index (χ4n) is 7.52. The third-order valence-electron chi connectivity index (χ3n) is 10.0. The van der Waals surface area contributed by atoms with Gasteiger partial charge in [-0.3, -0.25) is 9.78 Å². The molecule has 0 saturated carbocycles. The molecule has 1 atom stereocenters. The van der Waals surface area contributed by atoms with Gasteiger partial charge in [-0.2, -0.15) is 0 Å². The summed E-state index contributed by atoms with van der Waals surface area (Å²) in [5, 5.41) is 11.2. The number of hydrogen-bond donors (Lipinski definition) is 1. The van der Waals surface area contributed by atoms with Crippen LogP contribution in [0.2, 0.25) is 0 Å². The van der Waals surface area contributed by atoms with Crippen molar-refractivity contribution in [1.29, 1.82) is 0 Å². The van der Waals surface area contributed by atoms with Gasteiger partial charge in [0.05, 0.1) is 17.9 Å². The van der Waals surface area contributed by atoms with E-state index in [4.69, 9.17) is 14.5 Å². The smallest absolute Gasteiger partial charge is 0.337 e. The molecule has 1 amide bonds. The third-order valence-corrected chi connectivity index (χ3v) is 10.0. The van der Waals surface area contributed by atoms with Gasteiger partial charge in [0.2, 0.25) is 0 Å². The largest absolute Gasteiger partial charge is 0.490 e. The van der Waals surface area contributed by atoms with Crippen LogP contribution in [0.5, 0.6) is 5.75 Å². The van der Waals surface area contributed by atoms with Gasteiger partial charge in [0.1, 0.15) is 11.3 Å². The molecular weight excluding hydrogens is 661 g/mol. The van der Waals surface area contributed by atoms with Crippen LogP contribution in [0.1, 0.15) is 66.2 Å². The van der Waals surface area contributed by atoms with Crippen LogP contribution in [0.25, 0.3) is 33.4 Å². The Labute approximate surface area is 302 Å². The number of benzene rings is 2. The number of nitrogens with zero attached hydrogens (tertiary/aromatic N) is 5. The summed E-state index contributed by atoms with van der Waals surface area (Å²) in [6.07, 6.45) is 1.65. The topological polar surface area (TPSA) is 110 Å². The number of amides is 1. The molecule has 0 radical (unpaired) electrons. The molecule has 11 heteroatoms. The second-order valence-corrected chi connectivity index (χ2v) is 14.6. The number of hydrogen-bond acceptors (Lipinski definition) is 7. The third kappa shape index (κ3) is 6.49. The number of carboxylic acids is 1. The number of para-hydroxylation sites is 1. The lowest BCUT2D eigenvalue weighted by atomic mass is 9.86. The zero-order valence-electron chi connectivity index (χ0n) is 30.5. The summed E-state index contributed by atoms with van der Waals surface area (Å²) in [5.41, 5.74) is 6.27. The summed E-state index contributed by atoms with van der Waals surface area (Å²) in [6.45, 7) is 12.1. The lowest BCUT2D eigenvalue weighted by Gasteiger charge is -2.36. The molecule has 1 fully saturated rings. The lowest BCUT2D eigenvalue weighted by Crippen LogP contribution is -2.49. The van der Waals surface area contributed by atoms with E-state index in [1.54, 1.807) is 40.0 Å².